The van der Waals surface area contributed by atoms with E-state index >= 15 is 0 Å². The zero-order valence-corrected chi connectivity index (χ0v) is 20.0. The summed E-state index contributed by atoms with van der Waals surface area (Å²) < 4.78 is 40.1. The summed E-state index contributed by atoms with van der Waals surface area (Å²) in [7, 11) is -1.86. The highest BCUT2D eigenvalue weighted by Crippen LogP contribution is 2.27. The maximum absolute atomic E-state index is 13.3. The van der Waals surface area contributed by atoms with Gasteiger partial charge < -0.3 is 4.90 Å². The molecule has 0 saturated carbocycles. The number of hydrogen-bond donors (Lipinski definition) is 0. The van der Waals surface area contributed by atoms with Crippen LogP contribution < -0.4 is 4.90 Å². The van der Waals surface area contributed by atoms with Gasteiger partial charge in [-0.1, -0.05) is 18.2 Å². The lowest BCUT2D eigenvalue weighted by atomic mass is 10.1. The van der Waals surface area contributed by atoms with Gasteiger partial charge in [0.25, 0.3) is 0 Å². The second-order valence-corrected chi connectivity index (χ2v) is 9.75. The summed E-state index contributed by atoms with van der Waals surface area (Å²) in [6, 6.07) is 14.8. The monoisotopic (exact) mass is 491 g/mol. The zero-order valence-electron chi connectivity index (χ0n) is 18.3. The van der Waals surface area contributed by atoms with Gasteiger partial charge in [0.05, 0.1) is 4.90 Å². The summed E-state index contributed by atoms with van der Waals surface area (Å²) in [4.78, 5) is 13.7. The zero-order chi connectivity index (χ0) is 22.6. The van der Waals surface area contributed by atoms with Gasteiger partial charge in [-0.2, -0.15) is 4.31 Å². The van der Waals surface area contributed by atoms with Gasteiger partial charge in [-0.15, -0.1) is 12.4 Å². The number of piperazine rings is 1. The van der Waals surface area contributed by atoms with E-state index in [-0.39, 0.29) is 18.2 Å². The van der Waals surface area contributed by atoms with Gasteiger partial charge in [-0.25, -0.2) is 17.8 Å². The second-order valence-electron chi connectivity index (χ2n) is 7.70. The van der Waals surface area contributed by atoms with Crippen molar-refractivity contribution in [2.45, 2.75) is 4.90 Å². The summed E-state index contributed by atoms with van der Waals surface area (Å²) in [5, 5.41) is 0. The average molecular weight is 492 g/mol. The lowest BCUT2D eigenvalue weighted by molar-refractivity contribution is 0.243. The molecule has 2 aromatic carbocycles. The van der Waals surface area contributed by atoms with Crippen LogP contribution in [0, 0.1) is 5.82 Å². The molecule has 0 atom stereocenters. The van der Waals surface area contributed by atoms with Gasteiger partial charge in [-0.05, 0) is 36.4 Å². The van der Waals surface area contributed by atoms with Gasteiger partial charge in [0.1, 0.15) is 11.5 Å². The van der Waals surface area contributed by atoms with Gasteiger partial charge in [0, 0.05) is 64.3 Å². The van der Waals surface area contributed by atoms with Crippen molar-refractivity contribution >= 4 is 28.2 Å². The third kappa shape index (κ3) is 5.86. The Morgan fingerprint density at radius 3 is 2.24 bits per heavy atom. The molecule has 1 aliphatic heterocycles. The van der Waals surface area contributed by atoms with E-state index in [0.717, 1.165) is 43.3 Å². The van der Waals surface area contributed by atoms with Crippen LogP contribution in [0.15, 0.2) is 71.9 Å². The van der Waals surface area contributed by atoms with E-state index in [2.05, 4.69) is 19.8 Å². The molecule has 10 heteroatoms. The molecule has 176 valence electrons. The van der Waals surface area contributed by atoms with Crippen LogP contribution in [0.5, 0.6) is 0 Å². The van der Waals surface area contributed by atoms with Crippen molar-refractivity contribution in [3.8, 4) is 11.3 Å². The first-order valence-corrected chi connectivity index (χ1v) is 11.9. The molecule has 0 bridgehead atoms. The maximum Gasteiger partial charge on any atom is 0.242 e. The van der Waals surface area contributed by atoms with Crippen molar-refractivity contribution < 1.29 is 12.8 Å². The molecule has 0 spiro atoms. The molecular weight excluding hydrogens is 465 g/mol. The van der Waals surface area contributed by atoms with E-state index < -0.39 is 10.0 Å². The van der Waals surface area contributed by atoms with Crippen LogP contribution in [0.3, 0.4) is 0 Å². The Labute approximate surface area is 200 Å². The third-order valence-electron chi connectivity index (χ3n) is 5.65. The Bertz CT molecular complexity index is 1140. The molecule has 2 heterocycles. The molecule has 1 aliphatic rings. The van der Waals surface area contributed by atoms with Crippen molar-refractivity contribution in [1.82, 2.24) is 19.2 Å². The SMILES string of the molecule is CN(CCN1CCN(c2nccnc2-c2ccc(F)cc2)CC1)S(=O)(=O)c1ccccc1.Cl. The fourth-order valence-electron chi connectivity index (χ4n) is 3.73. The summed E-state index contributed by atoms with van der Waals surface area (Å²) in [5.41, 5.74) is 1.55. The Morgan fingerprint density at radius 1 is 0.939 bits per heavy atom. The highest BCUT2D eigenvalue weighted by atomic mass is 35.5. The highest BCUT2D eigenvalue weighted by molar-refractivity contribution is 7.89. The van der Waals surface area contributed by atoms with E-state index in [1.807, 2.05) is 0 Å². The molecule has 1 aromatic heterocycles. The van der Waals surface area contributed by atoms with Crippen molar-refractivity contribution in [1.29, 1.82) is 0 Å². The van der Waals surface area contributed by atoms with Crippen LogP contribution >= 0.6 is 12.4 Å². The number of likely N-dealkylation sites (N-methyl/N-ethyl adjacent to an activating group) is 1. The van der Waals surface area contributed by atoms with E-state index in [9.17, 15) is 12.8 Å². The molecule has 1 fully saturated rings. The minimum Gasteiger partial charge on any atom is -0.352 e. The summed E-state index contributed by atoms with van der Waals surface area (Å²) in [6.07, 6.45) is 3.31. The first kappa shape index (κ1) is 25.0. The normalized spacial score (nSPS) is 14.8. The lowest BCUT2D eigenvalue weighted by Crippen LogP contribution is -2.49. The third-order valence-corrected chi connectivity index (χ3v) is 7.52. The largest absolute Gasteiger partial charge is 0.352 e. The van der Waals surface area contributed by atoms with Crippen LogP contribution in [-0.2, 0) is 10.0 Å². The molecule has 4 rings (SSSR count). The van der Waals surface area contributed by atoms with Gasteiger partial charge in [0.2, 0.25) is 10.0 Å². The van der Waals surface area contributed by atoms with Crippen LogP contribution in [0.25, 0.3) is 11.3 Å². The molecule has 7 nitrogen and oxygen atoms in total. The predicted octanol–water partition coefficient (Wildman–Crippen LogP) is 3.15. The molecule has 33 heavy (non-hydrogen) atoms. The van der Waals surface area contributed by atoms with Crippen LogP contribution in [-0.4, -0.2) is 73.9 Å². The molecule has 0 aliphatic carbocycles. The predicted molar refractivity (Wildman–Crippen MR) is 130 cm³/mol. The fourth-order valence-corrected chi connectivity index (χ4v) is 4.91. The molecule has 0 amide bonds. The molecule has 0 radical (unpaired) electrons. The van der Waals surface area contributed by atoms with Crippen LogP contribution in [0.1, 0.15) is 0 Å². The smallest absolute Gasteiger partial charge is 0.242 e. The summed E-state index contributed by atoms with van der Waals surface area (Å²) in [5.74, 6) is 0.495. The summed E-state index contributed by atoms with van der Waals surface area (Å²) >= 11 is 0. The number of sulfonamides is 1. The van der Waals surface area contributed by atoms with Crippen molar-refractivity contribution in [3.05, 3.63) is 72.8 Å². The number of halogens is 2. The average Bonchev–Trinajstić information content (AvgIpc) is 2.84. The number of nitrogens with zero attached hydrogens (tertiary/aromatic N) is 5. The molecule has 0 N–H and O–H groups in total. The maximum atomic E-state index is 13.3. The quantitative estimate of drug-likeness (QED) is 0.505. The van der Waals surface area contributed by atoms with Gasteiger partial charge in [-0.3, -0.25) is 9.88 Å². The first-order chi connectivity index (χ1) is 15.4. The van der Waals surface area contributed by atoms with Crippen molar-refractivity contribution in [2.75, 3.05) is 51.2 Å². The number of anilines is 1. The highest BCUT2D eigenvalue weighted by Gasteiger charge is 2.24. The standard InChI is InChI=1S/C23H26FN5O2S.ClH/c1-27(32(30,31)21-5-3-2-4-6-21)13-14-28-15-17-29(18-16-28)23-22(25-11-12-26-23)19-7-9-20(24)10-8-19;/h2-12H,13-18H2,1H3;1H. The van der Waals surface area contributed by atoms with Crippen LogP contribution in [0.2, 0.25) is 0 Å². The van der Waals surface area contributed by atoms with E-state index in [1.165, 1.54) is 16.4 Å². The van der Waals surface area contributed by atoms with E-state index in [4.69, 9.17) is 0 Å². The Morgan fingerprint density at radius 2 is 1.58 bits per heavy atom. The summed E-state index contributed by atoms with van der Waals surface area (Å²) in [6.45, 7) is 4.16. The Hall–Kier alpha value is -2.59. The first-order valence-electron chi connectivity index (χ1n) is 10.5. The molecule has 3 aromatic rings. The number of rotatable bonds is 7. The topological polar surface area (TPSA) is 69.6 Å². The van der Waals surface area contributed by atoms with Gasteiger partial charge in [0.15, 0.2) is 5.82 Å². The van der Waals surface area contributed by atoms with Crippen LogP contribution in [0.4, 0.5) is 10.2 Å². The Balaban J connectivity index is 0.00000306. The van der Waals surface area contributed by atoms with Gasteiger partial charge >= 0.3 is 0 Å². The number of benzene rings is 2. The van der Waals surface area contributed by atoms with Crippen molar-refractivity contribution in [3.63, 3.8) is 0 Å². The minimum absolute atomic E-state index is 0. The lowest BCUT2D eigenvalue weighted by Gasteiger charge is -2.36. The van der Waals surface area contributed by atoms with E-state index in [1.54, 1.807) is 61.9 Å². The number of hydrogen-bond acceptors (Lipinski definition) is 6. The fraction of sp³-hybridized carbons (Fsp3) is 0.304. The number of aromatic nitrogens is 2. The van der Waals surface area contributed by atoms with Crippen molar-refractivity contribution in [2.24, 2.45) is 0 Å². The second kappa shape index (κ2) is 11.0. The molecule has 1 saturated heterocycles. The minimum atomic E-state index is -3.48. The molecular formula is C23H27ClFN5O2S. The van der Waals surface area contributed by atoms with E-state index in [0.29, 0.717) is 18.0 Å². The molecule has 0 unspecified atom stereocenters. The Kier molecular flexibility index (Phi) is 8.36.